The maximum absolute atomic E-state index is 12.9. The lowest BCUT2D eigenvalue weighted by Crippen LogP contribution is -2.31. The van der Waals surface area contributed by atoms with Gasteiger partial charge in [-0.1, -0.05) is 6.08 Å². The fourth-order valence-corrected chi connectivity index (χ4v) is 4.62. The molecule has 1 amide bonds. The van der Waals surface area contributed by atoms with Crippen molar-refractivity contribution in [2.75, 3.05) is 17.7 Å². The molecule has 0 N–H and O–H groups in total. The number of aromatic nitrogens is 1. The monoisotopic (exact) mass is 376 g/mol. The van der Waals surface area contributed by atoms with Crippen molar-refractivity contribution in [1.82, 2.24) is 4.98 Å². The number of carbonyl (C=O) groups is 1. The number of carbonyl (C=O) groups excluding carboxylic acids is 1. The Morgan fingerprint density at radius 3 is 2.56 bits per heavy atom. The van der Waals surface area contributed by atoms with Crippen LogP contribution in [-0.2, 0) is 22.7 Å². The third kappa shape index (κ3) is 3.82. The smallest absolute Gasteiger partial charge is 0.260 e. The molecule has 1 aromatic carbocycles. The number of thiazole rings is 1. The van der Waals surface area contributed by atoms with Crippen molar-refractivity contribution in [3.8, 4) is 0 Å². The molecular weight excluding hydrogens is 356 g/mol. The number of fused-ring (bicyclic) bond motifs is 1. The molecule has 1 aromatic heterocycles. The molecule has 2 aromatic rings. The third-order valence-electron chi connectivity index (χ3n) is 4.15. The Morgan fingerprint density at radius 1 is 1.28 bits per heavy atom. The summed E-state index contributed by atoms with van der Waals surface area (Å²) in [7, 11) is -3.28. The van der Waals surface area contributed by atoms with E-state index in [1.165, 1.54) is 17.0 Å². The van der Waals surface area contributed by atoms with Gasteiger partial charge in [-0.05, 0) is 49.9 Å². The number of amides is 1. The van der Waals surface area contributed by atoms with E-state index < -0.39 is 9.84 Å². The summed E-state index contributed by atoms with van der Waals surface area (Å²) in [5.41, 5.74) is 1.53. The normalized spacial score (nSPS) is 14.0. The number of benzene rings is 1. The SMILES string of the molecule is C=CCN(C(=O)c1ccc(S(C)(=O)=O)cc1)c1nc2c(s1)CCCC2. The highest BCUT2D eigenvalue weighted by molar-refractivity contribution is 7.90. The molecule has 0 unspecified atom stereocenters. The molecule has 1 heterocycles. The average molecular weight is 377 g/mol. The summed E-state index contributed by atoms with van der Waals surface area (Å²) in [6, 6.07) is 6.01. The van der Waals surface area contributed by atoms with Crippen LogP contribution in [0.1, 0.15) is 33.8 Å². The maximum Gasteiger partial charge on any atom is 0.260 e. The molecule has 0 atom stereocenters. The zero-order valence-electron chi connectivity index (χ0n) is 14.1. The summed E-state index contributed by atoms with van der Waals surface area (Å²) in [5.74, 6) is -0.203. The van der Waals surface area contributed by atoms with Crippen LogP contribution >= 0.6 is 11.3 Å². The minimum absolute atomic E-state index is 0.198. The lowest BCUT2D eigenvalue weighted by molar-refractivity contribution is 0.0989. The predicted octanol–water partition coefficient (Wildman–Crippen LogP) is 3.26. The van der Waals surface area contributed by atoms with Gasteiger partial charge in [0.25, 0.3) is 5.91 Å². The van der Waals surface area contributed by atoms with Crippen molar-refractivity contribution in [2.45, 2.75) is 30.6 Å². The van der Waals surface area contributed by atoms with Crippen LogP contribution < -0.4 is 4.90 Å². The Morgan fingerprint density at radius 2 is 1.96 bits per heavy atom. The molecule has 7 heteroatoms. The van der Waals surface area contributed by atoms with Gasteiger partial charge in [-0.25, -0.2) is 13.4 Å². The Labute approximate surface area is 151 Å². The highest BCUT2D eigenvalue weighted by Crippen LogP contribution is 2.32. The molecule has 25 heavy (non-hydrogen) atoms. The number of aryl methyl sites for hydroxylation is 2. The van der Waals surface area contributed by atoms with Gasteiger partial charge in [-0.2, -0.15) is 0 Å². The third-order valence-corrected chi connectivity index (χ3v) is 6.46. The maximum atomic E-state index is 12.9. The van der Waals surface area contributed by atoms with Gasteiger partial charge in [-0.15, -0.1) is 17.9 Å². The van der Waals surface area contributed by atoms with Gasteiger partial charge in [-0.3, -0.25) is 9.69 Å². The van der Waals surface area contributed by atoms with E-state index in [0.717, 1.165) is 37.6 Å². The van der Waals surface area contributed by atoms with Crippen molar-refractivity contribution in [1.29, 1.82) is 0 Å². The molecule has 0 saturated heterocycles. The van der Waals surface area contributed by atoms with Crippen LogP contribution in [0.3, 0.4) is 0 Å². The first kappa shape index (κ1) is 17.8. The lowest BCUT2D eigenvalue weighted by Gasteiger charge is -2.18. The van der Waals surface area contributed by atoms with Gasteiger partial charge in [0.15, 0.2) is 15.0 Å². The fraction of sp³-hybridized carbons (Fsp3) is 0.333. The molecule has 132 valence electrons. The first-order valence-electron chi connectivity index (χ1n) is 8.11. The van der Waals surface area contributed by atoms with Crippen molar-refractivity contribution in [3.05, 3.63) is 53.1 Å². The van der Waals surface area contributed by atoms with Crippen LogP contribution in [0, 0.1) is 0 Å². The van der Waals surface area contributed by atoms with Crippen LogP contribution in [0.25, 0.3) is 0 Å². The van der Waals surface area contributed by atoms with E-state index in [-0.39, 0.29) is 10.8 Å². The summed E-state index contributed by atoms with van der Waals surface area (Å²) < 4.78 is 23.1. The van der Waals surface area contributed by atoms with E-state index in [1.54, 1.807) is 34.4 Å². The zero-order chi connectivity index (χ0) is 18.0. The van der Waals surface area contributed by atoms with Gasteiger partial charge in [0.05, 0.1) is 10.6 Å². The summed E-state index contributed by atoms with van der Waals surface area (Å²) in [6.45, 7) is 4.09. The second-order valence-corrected chi connectivity index (χ2v) is 9.15. The number of rotatable bonds is 5. The number of hydrogen-bond donors (Lipinski definition) is 0. The number of hydrogen-bond acceptors (Lipinski definition) is 5. The second-order valence-electron chi connectivity index (χ2n) is 6.07. The lowest BCUT2D eigenvalue weighted by atomic mass is 10.0. The van der Waals surface area contributed by atoms with Gasteiger partial charge in [0.1, 0.15) is 0 Å². The second kappa shape index (κ2) is 7.09. The first-order chi connectivity index (χ1) is 11.9. The van der Waals surface area contributed by atoms with Crippen LogP contribution in [0.5, 0.6) is 0 Å². The standard InChI is InChI=1S/C18H20N2O3S2/c1-3-12-20(18-19-15-6-4-5-7-16(15)24-18)17(21)13-8-10-14(11-9-13)25(2,22)23/h3,8-11H,1,4-7,12H2,2H3. The molecule has 0 radical (unpaired) electrons. The fourth-order valence-electron chi connectivity index (χ4n) is 2.83. The van der Waals surface area contributed by atoms with Crippen LogP contribution in [-0.4, -0.2) is 32.1 Å². The summed E-state index contributed by atoms with van der Waals surface area (Å²) in [5, 5.41) is 0.684. The van der Waals surface area contributed by atoms with E-state index in [9.17, 15) is 13.2 Å². The Bertz CT molecular complexity index is 875. The molecule has 0 aliphatic heterocycles. The van der Waals surface area contributed by atoms with Crippen LogP contribution in [0.2, 0.25) is 0 Å². The van der Waals surface area contributed by atoms with E-state index in [2.05, 4.69) is 11.6 Å². The molecular formula is C18H20N2O3S2. The van der Waals surface area contributed by atoms with Crippen molar-refractivity contribution < 1.29 is 13.2 Å². The number of sulfone groups is 1. The minimum atomic E-state index is -3.28. The van der Waals surface area contributed by atoms with E-state index in [0.29, 0.717) is 17.2 Å². The Kier molecular flexibility index (Phi) is 5.06. The number of nitrogens with zero attached hydrogens (tertiary/aromatic N) is 2. The summed E-state index contributed by atoms with van der Waals surface area (Å²) in [4.78, 5) is 20.6. The highest BCUT2D eigenvalue weighted by atomic mass is 32.2. The topological polar surface area (TPSA) is 67.3 Å². The molecule has 5 nitrogen and oxygen atoms in total. The quantitative estimate of drug-likeness (QED) is 0.751. The van der Waals surface area contributed by atoms with E-state index >= 15 is 0 Å². The number of anilines is 1. The van der Waals surface area contributed by atoms with Crippen molar-refractivity contribution in [2.24, 2.45) is 0 Å². The van der Waals surface area contributed by atoms with Crippen LogP contribution in [0.15, 0.2) is 41.8 Å². The largest absolute Gasteiger partial charge is 0.280 e. The molecule has 1 aliphatic carbocycles. The van der Waals surface area contributed by atoms with Gasteiger partial charge >= 0.3 is 0 Å². The van der Waals surface area contributed by atoms with E-state index in [1.807, 2.05) is 0 Å². The van der Waals surface area contributed by atoms with Crippen molar-refractivity contribution in [3.63, 3.8) is 0 Å². The Hall–Kier alpha value is -1.99. The summed E-state index contributed by atoms with van der Waals surface area (Å²) in [6.07, 6.45) is 7.10. The average Bonchev–Trinajstić information content (AvgIpc) is 3.02. The minimum Gasteiger partial charge on any atom is -0.280 e. The first-order valence-corrected chi connectivity index (χ1v) is 10.8. The molecule has 0 fully saturated rings. The molecule has 0 spiro atoms. The van der Waals surface area contributed by atoms with Gasteiger partial charge < -0.3 is 0 Å². The predicted molar refractivity (Wildman–Crippen MR) is 100 cm³/mol. The molecule has 3 rings (SSSR count). The Balaban J connectivity index is 1.91. The van der Waals surface area contributed by atoms with Crippen molar-refractivity contribution >= 4 is 32.2 Å². The molecule has 0 bridgehead atoms. The molecule has 0 saturated carbocycles. The molecule has 1 aliphatic rings. The highest BCUT2D eigenvalue weighted by Gasteiger charge is 2.23. The summed E-state index contributed by atoms with van der Waals surface area (Å²) >= 11 is 1.56. The zero-order valence-corrected chi connectivity index (χ0v) is 15.7. The van der Waals surface area contributed by atoms with Crippen LogP contribution in [0.4, 0.5) is 5.13 Å². The van der Waals surface area contributed by atoms with E-state index in [4.69, 9.17) is 0 Å². The van der Waals surface area contributed by atoms with Gasteiger partial charge in [0, 0.05) is 23.2 Å². The van der Waals surface area contributed by atoms with Gasteiger partial charge in [0.2, 0.25) is 0 Å².